The molecule has 67 heavy (non-hydrogen) atoms. The quantitative estimate of drug-likeness (QED) is 0.210. The second-order valence-corrected chi connectivity index (χ2v) is 44.9. The molecule has 0 aromatic heterocycles. The Labute approximate surface area is 447 Å². The van der Waals surface area contributed by atoms with Crippen LogP contribution in [0.25, 0.3) is 11.5 Å². The van der Waals surface area contributed by atoms with Crippen LogP contribution in [0.5, 0.6) is 0 Å². The fourth-order valence-electron chi connectivity index (χ4n) is 10.4. The average molecular weight is 1110 g/mol. The first-order chi connectivity index (χ1) is 29.2. The monoisotopic (exact) mass is 1110 g/mol. The van der Waals surface area contributed by atoms with Crippen LogP contribution in [0.3, 0.4) is 0 Å². The third kappa shape index (κ3) is 38.1. The van der Waals surface area contributed by atoms with Gasteiger partial charge in [-0.15, -0.1) is 11.4 Å². The van der Waals surface area contributed by atoms with Crippen molar-refractivity contribution < 1.29 is 38.9 Å². The molecule has 1 saturated carbocycles. The van der Waals surface area contributed by atoms with Gasteiger partial charge in [0, 0.05) is 44.9 Å². The van der Waals surface area contributed by atoms with E-state index in [0.717, 1.165) is 13.2 Å². The molecule has 0 unspecified atom stereocenters. The van der Waals surface area contributed by atoms with Crippen molar-refractivity contribution in [3.05, 3.63) is 72.1 Å². The molecule has 1 aliphatic carbocycles. The molecule has 1 aliphatic heterocycles. The summed E-state index contributed by atoms with van der Waals surface area (Å²) in [5.74, 6) is 0. The molecule has 2 aromatic rings. The summed E-state index contributed by atoms with van der Waals surface area (Å²) in [5, 5.41) is 4.04. The third-order valence-electron chi connectivity index (χ3n) is 12.4. The molecule has 4 rings (SSSR count). The fraction of sp³-hybridized carbons (Fsp3) is 0.793. The van der Waals surface area contributed by atoms with Crippen LogP contribution in [-0.4, -0.2) is 79.1 Å². The zero-order valence-electron chi connectivity index (χ0n) is 48.7. The van der Waals surface area contributed by atoms with Gasteiger partial charge in [-0.3, -0.25) is 0 Å². The van der Waals surface area contributed by atoms with Crippen molar-refractivity contribution in [1.29, 1.82) is 0 Å². The summed E-state index contributed by atoms with van der Waals surface area (Å²) in [6.45, 7) is 61.2. The summed E-state index contributed by atoms with van der Waals surface area (Å²) in [4.78, 5) is 0. The Kier molecular flexibility index (Phi) is 38.0. The van der Waals surface area contributed by atoms with Gasteiger partial charge in [0.15, 0.2) is 0 Å². The van der Waals surface area contributed by atoms with E-state index in [9.17, 15) is 0 Å². The predicted molar refractivity (Wildman–Crippen MR) is 319 cm³/mol. The standard InChI is InChI=1S/2C18H40P2.2C6H6N.C6H12.C4H8O.2Cu/c2*1-15(2,3)19(16(4,5)6)13-14-20(17(7,8)9)18(10,11)12;2*7-6-4-2-1-3-5-6;1-2-4-6-5-3-1;1-2-4-5-3-1;;/h2*13-14H2,1-12H3;2*1-5,7H;1-6H2;1-4H2;;/q;;2*-1;;;2*+1/p+4. The Hall–Kier alpha value is 0.759. The Bertz CT molecular complexity index is 1210. The average Bonchev–Trinajstić information content (AvgIpc) is 3.71. The molecule has 1 heterocycles. The second-order valence-electron chi connectivity index (χ2n) is 27.1. The van der Waals surface area contributed by atoms with Crippen molar-refractivity contribution in [3.63, 3.8) is 0 Å². The number of hydrogen-bond donors (Lipinski definition) is 0. The van der Waals surface area contributed by atoms with E-state index in [1.165, 1.54) is 76.0 Å². The van der Waals surface area contributed by atoms with Crippen LogP contribution in [0.4, 0.5) is 11.4 Å². The fourth-order valence-corrected chi connectivity index (χ4v) is 29.4. The maximum absolute atomic E-state index is 7.00. The number of nitrogens with one attached hydrogen (secondary N) is 2. The third-order valence-corrected chi connectivity index (χ3v) is 30.9. The molecule has 9 heteroatoms. The first kappa shape index (κ1) is 74.3. The topological polar surface area (TPSA) is 56.8 Å². The SMILES string of the molecule is C1CCCCC1.C1CCOC1.CC(C)(C)[PH+](CC[PH+](C(C)(C)C)C(C)(C)C)C(C)(C)C.CC(C)(C)[PH+](CC[PH+](C(C)(C)C)C(C)(C)C)C(C)(C)C.[Cu+].[Cu+].[NH-]c1ccccc1.[NH-]c1ccccc1. The summed E-state index contributed by atoms with van der Waals surface area (Å²) in [6, 6.07) is 18.2. The van der Waals surface area contributed by atoms with Crippen molar-refractivity contribution in [3.8, 4) is 0 Å². The molecule has 0 radical (unpaired) electrons. The van der Waals surface area contributed by atoms with E-state index in [-0.39, 0.29) is 65.8 Å². The first-order valence-corrected chi connectivity index (χ1v) is 32.6. The van der Waals surface area contributed by atoms with Gasteiger partial charge in [-0.1, -0.05) is 99.2 Å². The smallest absolute Gasteiger partial charge is 0.699 e. The zero-order valence-corrected chi connectivity index (χ0v) is 54.6. The summed E-state index contributed by atoms with van der Waals surface area (Å²) in [5.41, 5.74) is 15.1. The minimum Gasteiger partial charge on any atom is -0.699 e. The molecule has 2 aliphatic rings. The summed E-state index contributed by atoms with van der Waals surface area (Å²) in [6.07, 6.45) is 17.5. The number of ether oxygens (including phenoxy) is 1. The molecule has 2 N–H and O–H groups in total. The molecule has 2 aromatic carbocycles. The number of hydrogen-bond acceptors (Lipinski definition) is 1. The Morgan fingerprint density at radius 3 is 0.567 bits per heavy atom. The molecular weight excluding hydrogens is 992 g/mol. The van der Waals surface area contributed by atoms with Gasteiger partial charge in [-0.25, -0.2) is 0 Å². The van der Waals surface area contributed by atoms with Gasteiger partial charge in [0.1, 0.15) is 0 Å². The van der Waals surface area contributed by atoms with Crippen LogP contribution in [0, 0.1) is 0 Å². The van der Waals surface area contributed by atoms with E-state index < -0.39 is 0 Å². The second kappa shape index (κ2) is 34.3. The molecule has 402 valence electrons. The van der Waals surface area contributed by atoms with Gasteiger partial charge in [-0.05, 0) is 179 Å². The van der Waals surface area contributed by atoms with Crippen LogP contribution in [0.15, 0.2) is 60.7 Å². The Balaban J connectivity index is -0.000000385. The molecule has 3 nitrogen and oxygen atoms in total. The van der Waals surface area contributed by atoms with Gasteiger partial charge in [0.05, 0.1) is 65.9 Å². The van der Waals surface area contributed by atoms with Crippen molar-refractivity contribution >= 4 is 43.1 Å². The first-order valence-electron chi connectivity index (χ1n) is 25.8. The summed E-state index contributed by atoms with van der Waals surface area (Å²) < 4.78 is 4.94. The van der Waals surface area contributed by atoms with E-state index in [2.05, 4.69) is 166 Å². The van der Waals surface area contributed by atoms with Crippen molar-refractivity contribution in [2.24, 2.45) is 0 Å². The Morgan fingerprint density at radius 2 is 0.478 bits per heavy atom. The maximum Gasteiger partial charge on any atom is 1.00 e. The van der Waals surface area contributed by atoms with Crippen LogP contribution >= 0.6 is 31.7 Å². The van der Waals surface area contributed by atoms with E-state index in [1.807, 2.05) is 36.4 Å². The Morgan fingerprint density at radius 1 is 0.313 bits per heavy atom. The van der Waals surface area contributed by atoms with Gasteiger partial charge in [0.2, 0.25) is 0 Å². The van der Waals surface area contributed by atoms with Crippen LogP contribution in [0.2, 0.25) is 0 Å². The predicted octanol–water partition coefficient (Wildman–Crippen LogP) is 21.1. The van der Waals surface area contributed by atoms with Gasteiger partial charge < -0.3 is 16.2 Å². The van der Waals surface area contributed by atoms with E-state index in [0.29, 0.717) is 52.6 Å². The normalized spacial score (nSPS) is 14.9. The minimum atomic E-state index is -0.364. The van der Waals surface area contributed by atoms with Crippen LogP contribution < -0.4 is 0 Å². The maximum atomic E-state index is 7.00. The molecule has 2 fully saturated rings. The molecular formula is C58H116Cu2N2OP4+4. The van der Waals surface area contributed by atoms with Crippen molar-refractivity contribution in [2.45, 2.75) is 259 Å². The summed E-state index contributed by atoms with van der Waals surface area (Å²) in [7, 11) is -1.46. The van der Waals surface area contributed by atoms with E-state index >= 15 is 0 Å². The molecule has 0 bridgehead atoms. The zero-order chi connectivity index (χ0) is 51.1. The molecule has 0 atom stereocenters. The van der Waals surface area contributed by atoms with E-state index in [4.69, 9.17) is 16.2 Å². The van der Waals surface area contributed by atoms with Crippen molar-refractivity contribution in [1.82, 2.24) is 0 Å². The largest absolute Gasteiger partial charge is 1.00 e. The van der Waals surface area contributed by atoms with Gasteiger partial charge >= 0.3 is 34.1 Å². The van der Waals surface area contributed by atoms with Gasteiger partial charge in [0.25, 0.3) is 0 Å². The molecule has 0 spiro atoms. The van der Waals surface area contributed by atoms with Gasteiger partial charge in [-0.2, -0.15) is 0 Å². The van der Waals surface area contributed by atoms with Crippen LogP contribution in [0.1, 0.15) is 218 Å². The summed E-state index contributed by atoms with van der Waals surface area (Å²) >= 11 is 0. The molecule has 0 amide bonds. The van der Waals surface area contributed by atoms with E-state index in [1.54, 1.807) is 24.3 Å². The minimum absolute atomic E-state index is 0. The number of rotatable bonds is 6. The molecule has 1 saturated heterocycles. The van der Waals surface area contributed by atoms with Crippen molar-refractivity contribution in [2.75, 3.05) is 37.9 Å². The van der Waals surface area contributed by atoms with Crippen LogP contribution in [-0.2, 0) is 38.9 Å². The number of benzene rings is 2.